The van der Waals surface area contributed by atoms with Gasteiger partial charge in [0, 0.05) is 32.4 Å². The Morgan fingerprint density at radius 2 is 1.81 bits per heavy atom. The topological polar surface area (TPSA) is 28.2 Å². The van der Waals surface area contributed by atoms with Crippen molar-refractivity contribution in [2.45, 2.75) is 0 Å². The fourth-order valence-corrected chi connectivity index (χ4v) is 1.49. The van der Waals surface area contributed by atoms with Crippen molar-refractivity contribution in [2.24, 2.45) is 0 Å². The van der Waals surface area contributed by atoms with E-state index in [0.29, 0.717) is 5.82 Å². The van der Waals surface area contributed by atoms with E-state index < -0.39 is 0 Å². The minimum Gasteiger partial charge on any atom is -0.352 e. The normalized spacial score (nSPS) is 14.2. The SMILES string of the molecule is Cl.Cl.Cl.Fc1cccnc1N1CCNCC1. The fraction of sp³-hybridized carbons (Fsp3) is 0.444. The highest BCUT2D eigenvalue weighted by Gasteiger charge is 2.14. The number of aromatic nitrogens is 1. The van der Waals surface area contributed by atoms with E-state index in [1.54, 1.807) is 12.3 Å². The molecule has 3 nitrogen and oxygen atoms in total. The zero-order valence-corrected chi connectivity index (χ0v) is 11.0. The first-order valence-electron chi connectivity index (χ1n) is 4.44. The lowest BCUT2D eigenvalue weighted by molar-refractivity contribution is 0.559. The van der Waals surface area contributed by atoms with Gasteiger partial charge in [-0.1, -0.05) is 0 Å². The summed E-state index contributed by atoms with van der Waals surface area (Å²) in [6.07, 6.45) is 1.63. The van der Waals surface area contributed by atoms with Crippen molar-refractivity contribution >= 4 is 43.0 Å². The summed E-state index contributed by atoms with van der Waals surface area (Å²) in [5, 5.41) is 3.21. The van der Waals surface area contributed by atoms with Gasteiger partial charge in [0.25, 0.3) is 0 Å². The molecule has 1 aromatic rings. The predicted molar refractivity (Wildman–Crippen MR) is 71.0 cm³/mol. The first kappa shape index (κ1) is 18.1. The van der Waals surface area contributed by atoms with Crippen molar-refractivity contribution in [3.63, 3.8) is 0 Å². The quantitative estimate of drug-likeness (QED) is 0.856. The van der Waals surface area contributed by atoms with E-state index in [2.05, 4.69) is 10.3 Å². The third-order valence-electron chi connectivity index (χ3n) is 2.16. The van der Waals surface area contributed by atoms with Crippen molar-refractivity contribution in [1.29, 1.82) is 0 Å². The summed E-state index contributed by atoms with van der Waals surface area (Å²) in [6, 6.07) is 3.06. The summed E-state index contributed by atoms with van der Waals surface area (Å²) in [4.78, 5) is 5.99. The molecule has 1 aliphatic rings. The monoisotopic (exact) mass is 289 g/mol. The number of nitrogens with zero attached hydrogens (tertiary/aromatic N) is 2. The zero-order valence-electron chi connectivity index (χ0n) is 8.56. The van der Waals surface area contributed by atoms with Gasteiger partial charge in [-0.15, -0.1) is 37.2 Å². The summed E-state index contributed by atoms with van der Waals surface area (Å²) in [5.41, 5.74) is 0. The average molecular weight is 291 g/mol. The number of pyridine rings is 1. The van der Waals surface area contributed by atoms with Crippen molar-refractivity contribution in [3.8, 4) is 0 Å². The van der Waals surface area contributed by atoms with E-state index in [1.165, 1.54) is 6.07 Å². The van der Waals surface area contributed by atoms with Gasteiger partial charge in [-0.25, -0.2) is 9.37 Å². The van der Waals surface area contributed by atoms with E-state index >= 15 is 0 Å². The van der Waals surface area contributed by atoms with Crippen LogP contribution >= 0.6 is 37.2 Å². The lowest BCUT2D eigenvalue weighted by Gasteiger charge is -2.28. The second-order valence-corrected chi connectivity index (χ2v) is 3.05. The van der Waals surface area contributed by atoms with E-state index in [9.17, 15) is 4.39 Å². The second-order valence-electron chi connectivity index (χ2n) is 3.05. The van der Waals surface area contributed by atoms with Gasteiger partial charge in [0.1, 0.15) is 0 Å². The van der Waals surface area contributed by atoms with E-state index in [1.807, 2.05) is 4.90 Å². The summed E-state index contributed by atoms with van der Waals surface area (Å²) in [5.74, 6) is 0.244. The first-order chi connectivity index (χ1) is 6.38. The summed E-state index contributed by atoms with van der Waals surface area (Å²) in [7, 11) is 0. The Labute approximate surface area is 113 Å². The number of hydrogen-bond donors (Lipinski definition) is 1. The number of hydrogen-bond acceptors (Lipinski definition) is 3. The standard InChI is InChI=1S/C9H12FN3.3ClH/c10-8-2-1-3-12-9(8)13-6-4-11-5-7-13;;;/h1-3,11H,4-7H2;3*1H. The molecule has 0 spiro atoms. The highest BCUT2D eigenvalue weighted by atomic mass is 35.5. The van der Waals surface area contributed by atoms with E-state index in [-0.39, 0.29) is 43.0 Å². The minimum atomic E-state index is -0.232. The van der Waals surface area contributed by atoms with Gasteiger partial charge in [0.2, 0.25) is 0 Å². The molecule has 0 aromatic carbocycles. The first-order valence-corrected chi connectivity index (χ1v) is 4.44. The largest absolute Gasteiger partial charge is 0.352 e. The molecule has 0 unspecified atom stereocenters. The maximum absolute atomic E-state index is 13.2. The Balaban J connectivity index is 0. The third-order valence-corrected chi connectivity index (χ3v) is 2.16. The molecule has 0 saturated carbocycles. The van der Waals surface area contributed by atoms with Gasteiger partial charge in [-0.2, -0.15) is 0 Å². The highest BCUT2D eigenvalue weighted by Crippen LogP contribution is 2.14. The summed E-state index contributed by atoms with van der Waals surface area (Å²) >= 11 is 0. The lowest BCUT2D eigenvalue weighted by atomic mass is 10.3. The maximum atomic E-state index is 13.2. The van der Waals surface area contributed by atoms with Crippen LogP contribution in [0.25, 0.3) is 0 Å². The fourth-order valence-electron chi connectivity index (χ4n) is 1.49. The second kappa shape index (κ2) is 8.82. The van der Waals surface area contributed by atoms with Crippen LogP contribution in [0.1, 0.15) is 0 Å². The molecule has 1 aliphatic heterocycles. The van der Waals surface area contributed by atoms with Crippen LogP contribution in [0.15, 0.2) is 18.3 Å². The van der Waals surface area contributed by atoms with Gasteiger partial charge in [-0.3, -0.25) is 0 Å². The predicted octanol–water partition coefficient (Wildman–Crippen LogP) is 1.90. The van der Waals surface area contributed by atoms with Crippen LogP contribution in [0.4, 0.5) is 10.2 Å². The molecule has 2 rings (SSSR count). The van der Waals surface area contributed by atoms with Crippen LogP contribution < -0.4 is 10.2 Å². The summed E-state index contributed by atoms with van der Waals surface area (Å²) < 4.78 is 13.2. The molecule has 0 amide bonds. The number of nitrogens with one attached hydrogen (secondary N) is 1. The average Bonchev–Trinajstić information content (AvgIpc) is 2.20. The van der Waals surface area contributed by atoms with Gasteiger partial charge in [0.15, 0.2) is 11.6 Å². The Bertz CT molecular complexity index is 295. The van der Waals surface area contributed by atoms with Crippen LogP contribution in [-0.4, -0.2) is 31.2 Å². The minimum absolute atomic E-state index is 0. The van der Waals surface area contributed by atoms with Crippen LogP contribution in [0.3, 0.4) is 0 Å². The Morgan fingerprint density at radius 1 is 1.19 bits per heavy atom. The Kier molecular flexibility index (Phi) is 9.96. The Morgan fingerprint density at radius 3 is 2.38 bits per heavy atom. The molecule has 0 bridgehead atoms. The van der Waals surface area contributed by atoms with Crippen LogP contribution in [-0.2, 0) is 0 Å². The lowest BCUT2D eigenvalue weighted by Crippen LogP contribution is -2.44. The number of rotatable bonds is 1. The molecule has 1 N–H and O–H groups in total. The van der Waals surface area contributed by atoms with Crippen molar-refractivity contribution < 1.29 is 4.39 Å². The zero-order chi connectivity index (χ0) is 9.10. The van der Waals surface area contributed by atoms with Gasteiger partial charge >= 0.3 is 0 Å². The molecular formula is C9H15Cl3FN3. The number of piperazine rings is 1. The molecule has 1 aromatic heterocycles. The van der Waals surface area contributed by atoms with Crippen LogP contribution in [0, 0.1) is 5.82 Å². The molecule has 2 heterocycles. The molecule has 0 atom stereocenters. The molecular weight excluding hydrogens is 275 g/mol. The number of halogens is 4. The molecule has 7 heteroatoms. The smallest absolute Gasteiger partial charge is 0.165 e. The van der Waals surface area contributed by atoms with Crippen molar-refractivity contribution in [3.05, 3.63) is 24.1 Å². The molecule has 16 heavy (non-hydrogen) atoms. The molecule has 0 aliphatic carbocycles. The van der Waals surface area contributed by atoms with E-state index in [4.69, 9.17) is 0 Å². The van der Waals surface area contributed by atoms with Crippen molar-refractivity contribution in [2.75, 3.05) is 31.1 Å². The number of anilines is 1. The molecule has 1 saturated heterocycles. The molecule has 94 valence electrons. The van der Waals surface area contributed by atoms with Crippen LogP contribution in [0.2, 0.25) is 0 Å². The molecule has 1 fully saturated rings. The van der Waals surface area contributed by atoms with Gasteiger partial charge in [0.05, 0.1) is 0 Å². The van der Waals surface area contributed by atoms with Crippen LogP contribution in [0.5, 0.6) is 0 Å². The van der Waals surface area contributed by atoms with Crippen molar-refractivity contribution in [1.82, 2.24) is 10.3 Å². The van der Waals surface area contributed by atoms with E-state index in [0.717, 1.165) is 26.2 Å². The van der Waals surface area contributed by atoms with Gasteiger partial charge in [-0.05, 0) is 12.1 Å². The Hall–Kier alpha value is -0.290. The highest BCUT2D eigenvalue weighted by molar-refractivity contribution is 5.86. The van der Waals surface area contributed by atoms with Gasteiger partial charge < -0.3 is 10.2 Å². The third kappa shape index (κ3) is 4.29. The summed E-state index contributed by atoms with van der Waals surface area (Å²) in [6.45, 7) is 3.45. The maximum Gasteiger partial charge on any atom is 0.165 e. The molecule has 0 radical (unpaired) electrons.